The number of halogens is 3. The number of hydrogen-bond acceptors (Lipinski definition) is 5. The number of benzene rings is 1. The molecule has 0 atom stereocenters. The summed E-state index contributed by atoms with van der Waals surface area (Å²) < 4.78 is 40.5. The topological polar surface area (TPSA) is 73.1 Å². The van der Waals surface area contributed by atoms with Gasteiger partial charge in [-0.15, -0.1) is 13.2 Å². The van der Waals surface area contributed by atoms with Crippen molar-refractivity contribution < 1.29 is 17.9 Å². The number of hydrogen-bond donors (Lipinski definition) is 2. The van der Waals surface area contributed by atoms with Crippen LogP contribution < -0.4 is 15.8 Å². The van der Waals surface area contributed by atoms with Gasteiger partial charge in [-0.05, 0) is 38.3 Å². The molecule has 0 bridgehead atoms. The maximum Gasteiger partial charge on any atom is 0.573 e. The van der Waals surface area contributed by atoms with Crippen LogP contribution in [0.4, 0.5) is 30.4 Å². The number of nitrogen functional groups attached to an aromatic ring is 1. The van der Waals surface area contributed by atoms with Crippen LogP contribution in [0.5, 0.6) is 5.75 Å². The van der Waals surface area contributed by atoms with E-state index in [0.717, 1.165) is 36.6 Å². The Balaban J connectivity index is 1.87. The first-order valence-electron chi connectivity index (χ1n) is 7.10. The first kappa shape index (κ1) is 15.4. The van der Waals surface area contributed by atoms with Gasteiger partial charge in [0.25, 0.3) is 0 Å². The van der Waals surface area contributed by atoms with Gasteiger partial charge in [0.2, 0.25) is 0 Å². The average Bonchev–Trinajstić information content (AvgIpc) is 2.88. The molecule has 2 aromatic rings. The normalized spacial score (nSPS) is 13.7. The van der Waals surface area contributed by atoms with Crippen LogP contribution in [0.25, 0.3) is 0 Å². The molecule has 1 heterocycles. The molecule has 0 unspecified atom stereocenters. The van der Waals surface area contributed by atoms with Crippen LogP contribution in [0.1, 0.15) is 23.5 Å². The number of nitrogens with one attached hydrogen (secondary N) is 1. The predicted molar refractivity (Wildman–Crippen MR) is 79.6 cm³/mol. The second-order valence-electron chi connectivity index (χ2n) is 5.32. The second-order valence-corrected chi connectivity index (χ2v) is 5.32. The molecule has 1 aliphatic carbocycles. The summed E-state index contributed by atoms with van der Waals surface area (Å²) in [4.78, 5) is 8.78. The third-order valence-corrected chi connectivity index (χ3v) is 3.55. The molecular formula is C15H15F3N4O. The Morgan fingerprint density at radius 3 is 2.70 bits per heavy atom. The standard InChI is InChI=1S/C15H15F3N4O/c1-8-20-12-4-2-3-10(12)14(21-8)22-13-6-5-9(7-11(13)19)23-15(16,17)18/h5-7H,2-4,19H2,1H3,(H,20,21,22). The van der Waals surface area contributed by atoms with Gasteiger partial charge in [-0.25, -0.2) is 9.97 Å². The van der Waals surface area contributed by atoms with Crippen molar-refractivity contribution in [2.24, 2.45) is 0 Å². The van der Waals surface area contributed by atoms with Crippen molar-refractivity contribution in [1.82, 2.24) is 9.97 Å². The number of ether oxygens (including phenoxy) is 1. The summed E-state index contributed by atoms with van der Waals surface area (Å²) in [5.74, 6) is 0.939. The molecule has 3 N–H and O–H groups in total. The van der Waals surface area contributed by atoms with E-state index in [2.05, 4.69) is 20.0 Å². The van der Waals surface area contributed by atoms with Gasteiger partial charge < -0.3 is 15.8 Å². The Hall–Kier alpha value is -2.51. The maximum absolute atomic E-state index is 12.2. The zero-order chi connectivity index (χ0) is 16.6. The molecule has 122 valence electrons. The molecule has 23 heavy (non-hydrogen) atoms. The highest BCUT2D eigenvalue weighted by atomic mass is 19.4. The van der Waals surface area contributed by atoms with Crippen LogP contribution in [0.3, 0.4) is 0 Å². The summed E-state index contributed by atoms with van der Waals surface area (Å²) in [5.41, 5.74) is 8.49. The lowest BCUT2D eigenvalue weighted by atomic mass is 10.2. The number of aromatic nitrogens is 2. The van der Waals surface area contributed by atoms with E-state index < -0.39 is 6.36 Å². The van der Waals surface area contributed by atoms with E-state index in [4.69, 9.17) is 5.73 Å². The number of nitrogens with two attached hydrogens (primary N) is 1. The van der Waals surface area contributed by atoms with E-state index in [1.165, 1.54) is 12.1 Å². The van der Waals surface area contributed by atoms with E-state index in [-0.39, 0.29) is 11.4 Å². The number of nitrogens with zero attached hydrogens (tertiary/aromatic N) is 2. The minimum absolute atomic E-state index is 0.148. The van der Waals surface area contributed by atoms with Crippen LogP contribution in [-0.2, 0) is 12.8 Å². The average molecular weight is 324 g/mol. The molecule has 0 aliphatic heterocycles. The Kier molecular flexibility index (Phi) is 3.75. The van der Waals surface area contributed by atoms with Gasteiger partial charge in [0, 0.05) is 17.3 Å². The van der Waals surface area contributed by atoms with E-state index in [1.54, 1.807) is 6.92 Å². The van der Waals surface area contributed by atoms with Crippen molar-refractivity contribution >= 4 is 17.2 Å². The fourth-order valence-electron chi connectivity index (χ4n) is 2.64. The van der Waals surface area contributed by atoms with Crippen molar-refractivity contribution in [3.8, 4) is 5.75 Å². The van der Waals surface area contributed by atoms with Crippen LogP contribution in [-0.4, -0.2) is 16.3 Å². The smallest absolute Gasteiger partial charge is 0.406 e. The molecule has 3 rings (SSSR count). The molecule has 0 radical (unpaired) electrons. The van der Waals surface area contributed by atoms with Crippen molar-refractivity contribution in [2.75, 3.05) is 11.1 Å². The quantitative estimate of drug-likeness (QED) is 0.846. The van der Waals surface area contributed by atoms with Crippen LogP contribution in [0.15, 0.2) is 18.2 Å². The van der Waals surface area contributed by atoms with E-state index in [9.17, 15) is 13.2 Å². The monoisotopic (exact) mass is 324 g/mol. The maximum atomic E-state index is 12.2. The number of alkyl halides is 3. The fraction of sp³-hybridized carbons (Fsp3) is 0.333. The van der Waals surface area contributed by atoms with Crippen molar-refractivity contribution in [3.05, 3.63) is 35.3 Å². The van der Waals surface area contributed by atoms with Crippen LogP contribution in [0.2, 0.25) is 0 Å². The van der Waals surface area contributed by atoms with Gasteiger partial charge in [-0.2, -0.15) is 0 Å². The van der Waals surface area contributed by atoms with Gasteiger partial charge in [0.15, 0.2) is 0 Å². The van der Waals surface area contributed by atoms with Gasteiger partial charge in [0.1, 0.15) is 17.4 Å². The third kappa shape index (κ3) is 3.46. The lowest BCUT2D eigenvalue weighted by molar-refractivity contribution is -0.274. The third-order valence-electron chi connectivity index (χ3n) is 3.55. The zero-order valence-electron chi connectivity index (χ0n) is 12.4. The highest BCUT2D eigenvalue weighted by molar-refractivity contribution is 5.74. The highest BCUT2D eigenvalue weighted by Crippen LogP contribution is 2.33. The van der Waals surface area contributed by atoms with Crippen molar-refractivity contribution in [3.63, 3.8) is 0 Å². The molecule has 0 saturated heterocycles. The van der Waals surface area contributed by atoms with Gasteiger partial charge >= 0.3 is 6.36 Å². The summed E-state index contributed by atoms with van der Waals surface area (Å²) >= 11 is 0. The number of anilines is 3. The van der Waals surface area contributed by atoms with Crippen molar-refractivity contribution in [1.29, 1.82) is 0 Å². The van der Waals surface area contributed by atoms with Crippen molar-refractivity contribution in [2.45, 2.75) is 32.5 Å². The minimum Gasteiger partial charge on any atom is -0.406 e. The molecule has 0 amide bonds. The zero-order valence-corrected chi connectivity index (χ0v) is 12.4. The van der Waals surface area contributed by atoms with Gasteiger partial charge in [-0.3, -0.25) is 0 Å². The molecule has 5 nitrogen and oxygen atoms in total. The number of aryl methyl sites for hydroxylation is 2. The summed E-state index contributed by atoms with van der Waals surface area (Å²) in [6, 6.07) is 3.78. The largest absolute Gasteiger partial charge is 0.573 e. The number of fused-ring (bicyclic) bond motifs is 1. The summed E-state index contributed by atoms with van der Waals surface area (Å²) in [6.45, 7) is 1.80. The van der Waals surface area contributed by atoms with E-state index in [1.807, 2.05) is 0 Å². The number of rotatable bonds is 3. The Morgan fingerprint density at radius 2 is 2.00 bits per heavy atom. The Bertz CT molecular complexity index is 746. The second kappa shape index (κ2) is 5.60. The molecule has 1 aromatic carbocycles. The summed E-state index contributed by atoms with van der Waals surface area (Å²) in [5, 5.41) is 3.09. The molecule has 0 fully saturated rings. The molecular weight excluding hydrogens is 309 g/mol. The van der Waals surface area contributed by atoms with Gasteiger partial charge in [-0.1, -0.05) is 0 Å². The summed E-state index contributed by atoms with van der Waals surface area (Å²) in [7, 11) is 0. The Labute approximate surface area is 130 Å². The molecule has 0 spiro atoms. The molecule has 8 heteroatoms. The minimum atomic E-state index is -4.74. The summed E-state index contributed by atoms with van der Waals surface area (Å²) in [6.07, 6.45) is -1.96. The van der Waals surface area contributed by atoms with Crippen LogP contribution >= 0.6 is 0 Å². The molecule has 1 aromatic heterocycles. The van der Waals surface area contributed by atoms with E-state index in [0.29, 0.717) is 17.3 Å². The fourth-order valence-corrected chi connectivity index (χ4v) is 2.64. The lowest BCUT2D eigenvalue weighted by Gasteiger charge is -2.14. The first-order valence-corrected chi connectivity index (χ1v) is 7.10. The Morgan fingerprint density at radius 1 is 1.22 bits per heavy atom. The highest BCUT2D eigenvalue weighted by Gasteiger charge is 2.31. The molecule has 1 aliphatic rings. The molecule has 0 saturated carbocycles. The SMILES string of the molecule is Cc1nc2c(c(Nc3ccc(OC(F)(F)F)cc3N)n1)CCC2. The van der Waals surface area contributed by atoms with Crippen LogP contribution in [0, 0.1) is 6.92 Å². The predicted octanol–water partition coefficient (Wildman–Crippen LogP) is 3.50. The van der Waals surface area contributed by atoms with Gasteiger partial charge in [0.05, 0.1) is 11.4 Å². The first-order chi connectivity index (χ1) is 10.8. The lowest BCUT2D eigenvalue weighted by Crippen LogP contribution is -2.17. The van der Waals surface area contributed by atoms with E-state index >= 15 is 0 Å².